The molecule has 3 aliphatic rings. The Kier molecular flexibility index (Phi) is 5.76. The average Bonchev–Trinajstić information content (AvgIpc) is 3.34. The molecule has 2 amide bonds. The van der Waals surface area contributed by atoms with Gasteiger partial charge < -0.3 is 15.6 Å². The summed E-state index contributed by atoms with van der Waals surface area (Å²) < 4.78 is 13.1. The van der Waals surface area contributed by atoms with Crippen LogP contribution in [0.25, 0.3) is 22.4 Å². The van der Waals surface area contributed by atoms with E-state index in [0.717, 1.165) is 28.9 Å². The van der Waals surface area contributed by atoms with Crippen LogP contribution in [0.4, 0.5) is 10.1 Å². The van der Waals surface area contributed by atoms with Gasteiger partial charge in [-0.25, -0.2) is 9.37 Å². The van der Waals surface area contributed by atoms with Gasteiger partial charge in [-0.3, -0.25) is 9.59 Å². The van der Waals surface area contributed by atoms with E-state index in [4.69, 9.17) is 0 Å². The van der Waals surface area contributed by atoms with E-state index in [2.05, 4.69) is 20.6 Å². The van der Waals surface area contributed by atoms with E-state index in [1.54, 1.807) is 18.2 Å². The normalized spacial score (nSPS) is 20.9. The number of fused-ring (bicyclic) bond motifs is 4. The molecule has 7 rings (SSSR count). The van der Waals surface area contributed by atoms with E-state index in [9.17, 15) is 14.0 Å². The molecule has 36 heavy (non-hydrogen) atoms. The number of carbonyl (C=O) groups is 2. The maximum absolute atomic E-state index is 13.1. The van der Waals surface area contributed by atoms with Crippen LogP contribution < -0.4 is 10.6 Å². The molecule has 0 aliphatic heterocycles. The Labute approximate surface area is 208 Å². The van der Waals surface area contributed by atoms with E-state index in [0.29, 0.717) is 34.6 Å². The largest absolute Gasteiger partial charge is 0.349 e. The van der Waals surface area contributed by atoms with Crippen LogP contribution in [-0.2, 0) is 0 Å². The van der Waals surface area contributed by atoms with Crippen LogP contribution >= 0.6 is 0 Å². The topological polar surface area (TPSA) is 86.9 Å². The lowest BCUT2D eigenvalue weighted by Crippen LogP contribution is -2.47. The van der Waals surface area contributed by atoms with Crippen molar-refractivity contribution in [3.05, 3.63) is 83.7 Å². The first-order valence-electron chi connectivity index (χ1n) is 12.5. The summed E-state index contributed by atoms with van der Waals surface area (Å²) in [6.45, 7) is 0. The lowest BCUT2D eigenvalue weighted by atomic mass is 9.68. The van der Waals surface area contributed by atoms with Gasteiger partial charge in [0, 0.05) is 28.4 Å². The van der Waals surface area contributed by atoms with E-state index in [1.165, 1.54) is 49.9 Å². The molecule has 3 aromatic carbocycles. The second kappa shape index (κ2) is 9.22. The lowest BCUT2D eigenvalue weighted by molar-refractivity contribution is 0.0810. The van der Waals surface area contributed by atoms with Gasteiger partial charge in [0.05, 0.1) is 11.0 Å². The number of hydrogen-bond acceptors (Lipinski definition) is 3. The summed E-state index contributed by atoms with van der Waals surface area (Å²) in [6, 6.07) is 18.6. The summed E-state index contributed by atoms with van der Waals surface area (Å²) in [7, 11) is 0. The van der Waals surface area contributed by atoms with Gasteiger partial charge in [-0.05, 0) is 85.7 Å². The molecule has 182 valence electrons. The molecule has 2 bridgehead atoms. The maximum Gasteiger partial charge on any atom is 0.255 e. The number of amides is 2. The summed E-state index contributed by atoms with van der Waals surface area (Å²) >= 11 is 0. The molecule has 1 atom stereocenters. The minimum absolute atomic E-state index is 0.0134. The van der Waals surface area contributed by atoms with E-state index < -0.39 is 0 Å². The maximum atomic E-state index is 13.1. The van der Waals surface area contributed by atoms with Gasteiger partial charge in [-0.2, -0.15) is 0 Å². The lowest BCUT2D eigenvalue weighted by Gasteiger charge is -2.42. The van der Waals surface area contributed by atoms with Crippen molar-refractivity contribution in [2.75, 3.05) is 5.32 Å². The standard InChI is InChI=1S/C29H27FN4O2/c30-22-10-12-23(13-11-22)31-29(36)21-9-14-24-26(16-21)33-27(32-24)19-5-7-20(8-6-19)28(35)34-25-15-17-1-3-18(25)4-2-17/h5-14,16-18,25H,1-4,15H2,(H,31,36)(H,32,33)(H,34,35). The van der Waals surface area contributed by atoms with Crippen LogP contribution in [0.2, 0.25) is 0 Å². The van der Waals surface area contributed by atoms with Gasteiger partial charge >= 0.3 is 0 Å². The van der Waals surface area contributed by atoms with E-state index >= 15 is 0 Å². The monoisotopic (exact) mass is 482 g/mol. The molecule has 3 fully saturated rings. The smallest absolute Gasteiger partial charge is 0.255 e. The molecular weight excluding hydrogens is 455 g/mol. The number of halogens is 1. The van der Waals surface area contributed by atoms with Crippen LogP contribution in [0.5, 0.6) is 0 Å². The van der Waals surface area contributed by atoms with Gasteiger partial charge in [0.2, 0.25) is 0 Å². The predicted molar refractivity (Wildman–Crippen MR) is 137 cm³/mol. The van der Waals surface area contributed by atoms with Crippen LogP contribution in [0.15, 0.2) is 66.7 Å². The summed E-state index contributed by atoms with van der Waals surface area (Å²) in [5.74, 6) is 1.39. The zero-order chi connectivity index (χ0) is 24.6. The molecule has 0 spiro atoms. The Bertz CT molecular complexity index is 1420. The second-order valence-electron chi connectivity index (χ2n) is 9.95. The molecule has 1 heterocycles. The highest BCUT2D eigenvalue weighted by molar-refractivity contribution is 6.06. The van der Waals surface area contributed by atoms with Gasteiger partial charge in [0.1, 0.15) is 11.6 Å². The number of benzene rings is 3. The Hall–Kier alpha value is -4.00. The molecule has 0 radical (unpaired) electrons. The first-order valence-corrected chi connectivity index (χ1v) is 12.5. The van der Waals surface area contributed by atoms with Crippen molar-refractivity contribution < 1.29 is 14.0 Å². The summed E-state index contributed by atoms with van der Waals surface area (Å²) in [5, 5.41) is 6.03. The third-order valence-electron chi connectivity index (χ3n) is 7.63. The Morgan fingerprint density at radius 1 is 0.861 bits per heavy atom. The number of H-pyrrole nitrogens is 1. The average molecular weight is 483 g/mol. The molecule has 3 N–H and O–H groups in total. The molecule has 0 saturated heterocycles. The number of hydrogen-bond donors (Lipinski definition) is 3. The quantitative estimate of drug-likeness (QED) is 0.330. The molecule has 7 heteroatoms. The van der Waals surface area contributed by atoms with Crippen molar-refractivity contribution in [1.29, 1.82) is 0 Å². The third kappa shape index (κ3) is 4.49. The SMILES string of the molecule is O=C(Nc1ccc(F)cc1)c1ccc2nc(-c3ccc(C(=O)NC4CC5CCC4CC5)cc3)[nH]c2c1. The first kappa shape index (κ1) is 22.5. The fourth-order valence-corrected chi connectivity index (χ4v) is 5.61. The Balaban J connectivity index is 1.15. The summed E-state index contributed by atoms with van der Waals surface area (Å²) in [4.78, 5) is 33.4. The number of anilines is 1. The molecule has 3 aliphatic carbocycles. The highest BCUT2D eigenvalue weighted by Gasteiger charge is 2.36. The fraction of sp³-hybridized carbons (Fsp3) is 0.276. The van der Waals surface area contributed by atoms with Crippen molar-refractivity contribution in [3.8, 4) is 11.4 Å². The van der Waals surface area contributed by atoms with Gasteiger partial charge in [-0.1, -0.05) is 25.0 Å². The molecule has 6 nitrogen and oxygen atoms in total. The summed E-state index contributed by atoms with van der Waals surface area (Å²) in [6.07, 6.45) is 6.19. The molecular formula is C29H27FN4O2. The minimum Gasteiger partial charge on any atom is -0.349 e. The van der Waals surface area contributed by atoms with Crippen molar-refractivity contribution in [2.45, 2.75) is 38.1 Å². The van der Waals surface area contributed by atoms with Crippen molar-refractivity contribution in [3.63, 3.8) is 0 Å². The molecule has 1 unspecified atom stereocenters. The summed E-state index contributed by atoms with van der Waals surface area (Å²) in [5.41, 5.74) is 3.95. The van der Waals surface area contributed by atoms with Crippen LogP contribution in [0.1, 0.15) is 52.8 Å². The number of carbonyl (C=O) groups excluding carboxylic acids is 2. The predicted octanol–water partition coefficient (Wildman–Crippen LogP) is 5.93. The zero-order valence-corrected chi connectivity index (χ0v) is 19.8. The number of aromatic amines is 1. The highest BCUT2D eigenvalue weighted by Crippen LogP contribution is 2.41. The van der Waals surface area contributed by atoms with Crippen LogP contribution in [-0.4, -0.2) is 27.8 Å². The molecule has 3 saturated carbocycles. The van der Waals surface area contributed by atoms with Gasteiger partial charge in [-0.15, -0.1) is 0 Å². The number of aromatic nitrogens is 2. The van der Waals surface area contributed by atoms with Gasteiger partial charge in [0.25, 0.3) is 11.8 Å². The molecule has 4 aromatic rings. The van der Waals surface area contributed by atoms with E-state index in [1.807, 2.05) is 24.3 Å². The van der Waals surface area contributed by atoms with Crippen molar-refractivity contribution >= 4 is 28.5 Å². The number of imidazole rings is 1. The highest BCUT2D eigenvalue weighted by atomic mass is 19.1. The van der Waals surface area contributed by atoms with Crippen molar-refractivity contribution in [2.24, 2.45) is 11.8 Å². The number of nitrogens with zero attached hydrogens (tertiary/aromatic N) is 1. The van der Waals surface area contributed by atoms with Crippen molar-refractivity contribution in [1.82, 2.24) is 15.3 Å². The van der Waals surface area contributed by atoms with Gasteiger partial charge in [0.15, 0.2) is 0 Å². The van der Waals surface area contributed by atoms with Crippen LogP contribution in [0.3, 0.4) is 0 Å². The minimum atomic E-state index is -0.357. The molecule has 1 aromatic heterocycles. The first-order chi connectivity index (χ1) is 17.5. The van der Waals surface area contributed by atoms with E-state index in [-0.39, 0.29) is 17.6 Å². The number of rotatable bonds is 5. The third-order valence-corrected chi connectivity index (χ3v) is 7.63. The Morgan fingerprint density at radius 3 is 2.28 bits per heavy atom. The van der Waals surface area contributed by atoms with Crippen LogP contribution in [0, 0.1) is 17.7 Å². The number of nitrogens with one attached hydrogen (secondary N) is 3. The Morgan fingerprint density at radius 2 is 1.58 bits per heavy atom. The fourth-order valence-electron chi connectivity index (χ4n) is 5.61. The zero-order valence-electron chi connectivity index (χ0n) is 19.8. The second-order valence-corrected chi connectivity index (χ2v) is 9.95.